The molecule has 8 nitrogen and oxygen atoms in total. The average molecular weight is 618 g/mol. The number of aromatic nitrogens is 5. The second kappa shape index (κ2) is 11.8. The van der Waals surface area contributed by atoms with Gasteiger partial charge in [-0.05, 0) is 54.8 Å². The molecule has 0 aliphatic heterocycles. The van der Waals surface area contributed by atoms with Crippen LogP contribution in [0.1, 0.15) is 16.7 Å². The second-order valence-corrected chi connectivity index (χ2v) is 11.1. The number of hydrogen-bond donors (Lipinski definition) is 0. The summed E-state index contributed by atoms with van der Waals surface area (Å²) in [5.74, 6) is 0.159. The number of nitrogens with zero attached hydrogens (tertiary/aromatic N) is 7. The van der Waals surface area contributed by atoms with Gasteiger partial charge >= 0.3 is 6.36 Å². The van der Waals surface area contributed by atoms with Gasteiger partial charge in [-0.2, -0.15) is 5.10 Å². The van der Waals surface area contributed by atoms with Crippen molar-refractivity contribution in [1.82, 2.24) is 24.3 Å². The Labute approximate surface area is 251 Å². The van der Waals surface area contributed by atoms with E-state index in [1.807, 2.05) is 41.1 Å². The molecular weight excluding hydrogens is 596 g/mol. The second-order valence-electron chi connectivity index (χ2n) is 9.34. The molecule has 43 heavy (non-hydrogen) atoms. The van der Waals surface area contributed by atoms with Gasteiger partial charge in [0, 0.05) is 22.5 Å². The van der Waals surface area contributed by atoms with Crippen molar-refractivity contribution in [2.24, 2.45) is 10.2 Å². The van der Waals surface area contributed by atoms with Crippen LogP contribution in [0.25, 0.3) is 33.5 Å². The van der Waals surface area contributed by atoms with Gasteiger partial charge in [-0.25, -0.2) is 14.6 Å². The van der Waals surface area contributed by atoms with Gasteiger partial charge in [0.25, 0.3) is 0 Å². The third-order valence-electron chi connectivity index (χ3n) is 6.37. The van der Waals surface area contributed by atoms with Crippen molar-refractivity contribution < 1.29 is 17.9 Å². The van der Waals surface area contributed by atoms with E-state index in [-0.39, 0.29) is 5.75 Å². The van der Waals surface area contributed by atoms with Crippen LogP contribution in [-0.2, 0) is 0 Å². The van der Waals surface area contributed by atoms with Crippen LogP contribution in [-0.4, -0.2) is 36.9 Å². The first-order valence-electron chi connectivity index (χ1n) is 12.9. The van der Waals surface area contributed by atoms with E-state index in [1.54, 1.807) is 23.7 Å². The molecule has 0 aliphatic rings. The normalized spacial score (nSPS) is 12.3. The molecule has 0 spiro atoms. The molecule has 6 rings (SSSR count). The molecule has 0 saturated carbocycles. The number of para-hydroxylation sites is 1. The number of rotatable bonds is 7. The van der Waals surface area contributed by atoms with Crippen molar-refractivity contribution in [1.29, 1.82) is 0 Å². The smallest absolute Gasteiger partial charge is 0.406 e. The molecule has 0 radical (unpaired) electrons. The number of hydrogen-bond acceptors (Lipinski definition) is 8. The highest BCUT2D eigenvalue weighted by atomic mass is 32.1. The van der Waals surface area contributed by atoms with Crippen LogP contribution in [0.3, 0.4) is 0 Å². The fourth-order valence-electron chi connectivity index (χ4n) is 4.44. The number of thiazole rings is 2. The lowest BCUT2D eigenvalue weighted by Gasteiger charge is -2.13. The fraction of sp³-hybridized carbons (Fsp3) is 0.100. The Morgan fingerprint density at radius 1 is 0.907 bits per heavy atom. The number of alkyl halides is 3. The number of aryl methyl sites for hydroxylation is 2. The van der Waals surface area contributed by atoms with Crippen LogP contribution in [0.5, 0.6) is 5.75 Å². The van der Waals surface area contributed by atoms with Gasteiger partial charge in [0.1, 0.15) is 17.1 Å². The van der Waals surface area contributed by atoms with E-state index in [4.69, 9.17) is 0 Å². The predicted octanol–water partition coefficient (Wildman–Crippen LogP) is 7.36. The summed E-state index contributed by atoms with van der Waals surface area (Å²) in [4.78, 5) is 9.57. The highest BCUT2D eigenvalue weighted by Gasteiger charge is 2.31. The van der Waals surface area contributed by atoms with Crippen molar-refractivity contribution in [3.63, 3.8) is 0 Å². The minimum Gasteiger partial charge on any atom is -0.406 e. The van der Waals surface area contributed by atoms with Gasteiger partial charge in [-0.1, -0.05) is 42.5 Å². The van der Waals surface area contributed by atoms with Crippen molar-refractivity contribution in [2.45, 2.75) is 20.2 Å². The van der Waals surface area contributed by atoms with E-state index >= 15 is 0 Å². The van der Waals surface area contributed by atoms with E-state index in [0.29, 0.717) is 11.5 Å². The van der Waals surface area contributed by atoms with Gasteiger partial charge < -0.3 is 4.74 Å². The Balaban J connectivity index is 1.22. The predicted molar refractivity (Wildman–Crippen MR) is 161 cm³/mol. The lowest BCUT2D eigenvalue weighted by molar-refractivity contribution is -0.274. The zero-order valence-electron chi connectivity index (χ0n) is 22.7. The fourth-order valence-corrected chi connectivity index (χ4v) is 5.98. The molecule has 0 saturated heterocycles. The Hall–Kier alpha value is -4.88. The van der Waals surface area contributed by atoms with Crippen LogP contribution >= 0.6 is 22.7 Å². The largest absolute Gasteiger partial charge is 0.573 e. The lowest BCUT2D eigenvalue weighted by Crippen LogP contribution is -2.17. The third kappa shape index (κ3) is 6.32. The summed E-state index contributed by atoms with van der Waals surface area (Å²) in [6.45, 7) is 4.16. The lowest BCUT2D eigenvalue weighted by atomic mass is 10.1. The molecular formula is C30H22F3N7OS2. The van der Waals surface area contributed by atoms with E-state index in [0.717, 1.165) is 43.4 Å². The topological polar surface area (TPSA) is 82.5 Å². The van der Waals surface area contributed by atoms with Gasteiger partial charge in [0.2, 0.25) is 4.80 Å². The molecule has 0 unspecified atom stereocenters. The van der Waals surface area contributed by atoms with Crippen LogP contribution in [0.2, 0.25) is 0 Å². The molecule has 0 N–H and O–H groups in total. The summed E-state index contributed by atoms with van der Waals surface area (Å²) in [6, 6.07) is 19.1. The standard InChI is InChI=1S/C30H22F3N7OS2/c1-19-4-3-5-20(2)26(19)40-25(28-34-14-15-42-28)17-43-29(40)37-36-16-21-6-8-22(9-7-21)27-35-18-39(38-27)23-10-12-24(13-11-23)41-30(31,32)33/h3-18H,1-2H3/b36-16?,37-29-. The van der Waals surface area contributed by atoms with Crippen LogP contribution in [0.15, 0.2) is 100 Å². The monoisotopic (exact) mass is 617 g/mol. The first-order chi connectivity index (χ1) is 20.7. The Bertz CT molecular complexity index is 1930. The first kappa shape index (κ1) is 28.2. The molecule has 216 valence electrons. The minimum atomic E-state index is -4.75. The summed E-state index contributed by atoms with van der Waals surface area (Å²) < 4.78 is 44.8. The van der Waals surface area contributed by atoms with Gasteiger partial charge in [0.15, 0.2) is 5.82 Å². The van der Waals surface area contributed by atoms with Crippen LogP contribution in [0.4, 0.5) is 13.2 Å². The van der Waals surface area contributed by atoms with Crippen molar-refractivity contribution >= 4 is 28.9 Å². The van der Waals surface area contributed by atoms with Crippen molar-refractivity contribution in [3.8, 4) is 39.2 Å². The SMILES string of the molecule is Cc1cccc(C)c1-n1c(-c2nccs2)cs/c1=N\N=Cc1ccc(-c2ncn(-c3ccc(OC(F)(F)F)cc3)n2)cc1. The maximum Gasteiger partial charge on any atom is 0.573 e. The highest BCUT2D eigenvalue weighted by molar-refractivity contribution is 7.13. The Kier molecular flexibility index (Phi) is 7.74. The van der Waals surface area contributed by atoms with E-state index in [2.05, 4.69) is 60.6 Å². The molecule has 3 aromatic carbocycles. The zero-order valence-corrected chi connectivity index (χ0v) is 24.4. The highest BCUT2D eigenvalue weighted by Crippen LogP contribution is 2.28. The maximum absolute atomic E-state index is 12.4. The number of ether oxygens (including phenoxy) is 1. The molecule has 3 aromatic heterocycles. The van der Waals surface area contributed by atoms with Gasteiger partial charge in [-0.3, -0.25) is 4.57 Å². The quantitative estimate of drug-likeness (QED) is 0.138. The molecule has 0 atom stereocenters. The molecule has 6 aromatic rings. The zero-order chi connectivity index (χ0) is 30.0. The average Bonchev–Trinajstić information content (AvgIpc) is 3.75. The number of halogens is 3. The summed E-state index contributed by atoms with van der Waals surface area (Å²) in [5, 5.41) is 18.3. The third-order valence-corrected chi connectivity index (χ3v) is 7.98. The van der Waals surface area contributed by atoms with Gasteiger partial charge in [0.05, 0.1) is 23.3 Å². The molecule has 0 amide bonds. The summed E-state index contributed by atoms with van der Waals surface area (Å²) in [6.07, 6.45) is 0.220. The minimum absolute atomic E-state index is 0.306. The Morgan fingerprint density at radius 2 is 1.65 bits per heavy atom. The van der Waals surface area contributed by atoms with Crippen molar-refractivity contribution in [3.05, 3.63) is 112 Å². The van der Waals surface area contributed by atoms with Crippen molar-refractivity contribution in [2.75, 3.05) is 0 Å². The summed E-state index contributed by atoms with van der Waals surface area (Å²) >= 11 is 3.07. The van der Waals surface area contributed by atoms with Crippen LogP contribution in [0, 0.1) is 13.8 Å². The summed E-state index contributed by atoms with van der Waals surface area (Å²) in [5.41, 5.74) is 6.43. The van der Waals surface area contributed by atoms with Crippen LogP contribution < -0.4 is 9.54 Å². The molecule has 0 bridgehead atoms. The molecule has 0 fully saturated rings. The van der Waals surface area contributed by atoms with E-state index in [1.165, 1.54) is 46.6 Å². The van der Waals surface area contributed by atoms with Gasteiger partial charge in [-0.15, -0.1) is 46.0 Å². The molecule has 0 aliphatic carbocycles. The first-order valence-corrected chi connectivity index (χ1v) is 14.6. The van der Waals surface area contributed by atoms with E-state index in [9.17, 15) is 13.2 Å². The molecule has 13 heteroatoms. The number of benzene rings is 3. The maximum atomic E-state index is 12.4. The Morgan fingerprint density at radius 3 is 2.33 bits per heavy atom. The van der Waals surface area contributed by atoms with E-state index < -0.39 is 6.36 Å². The summed E-state index contributed by atoms with van der Waals surface area (Å²) in [7, 11) is 0. The molecule has 3 heterocycles.